The number of rotatable bonds is 5. The van der Waals surface area contributed by atoms with E-state index >= 15 is 0 Å². The highest BCUT2D eigenvalue weighted by Crippen LogP contribution is 2.37. The predicted molar refractivity (Wildman–Crippen MR) is 159 cm³/mol. The monoisotopic (exact) mass is 530 g/mol. The Balaban J connectivity index is 1.21. The third kappa shape index (κ3) is 5.09. The minimum Gasteiger partial charge on any atom is -0.361 e. The number of carbonyl (C=O) groups is 2. The molecular formula is C33H27FN4O2. The average Bonchev–Trinajstić information content (AvgIpc) is 3.37. The van der Waals surface area contributed by atoms with Gasteiger partial charge in [0.2, 0.25) is 0 Å². The molecule has 2 heterocycles. The van der Waals surface area contributed by atoms with E-state index in [1.54, 1.807) is 0 Å². The zero-order valence-corrected chi connectivity index (χ0v) is 21.8. The van der Waals surface area contributed by atoms with Crippen LogP contribution in [0.2, 0.25) is 0 Å². The standard InChI is InChI=1S/C33H27FN4O2/c1-21-3-2-4-24-20-28(37-32(39)22-5-8-26(34)9-6-22)12-16-31(24)38(21)29-13-10-27(11-14-29)36-33(40)25-7-15-30-23(19-25)17-18-35-30/h2,4-21,35H,3H2,1H3,(H,36,40)(H,37,39). The molecule has 0 saturated heterocycles. The molecule has 0 spiro atoms. The molecule has 1 atom stereocenters. The van der Waals surface area contributed by atoms with Crippen molar-refractivity contribution in [1.82, 2.24) is 4.98 Å². The van der Waals surface area contributed by atoms with Crippen molar-refractivity contribution in [3.63, 3.8) is 0 Å². The Hall–Kier alpha value is -5.17. The van der Waals surface area contributed by atoms with E-state index in [1.807, 2.05) is 72.9 Å². The number of benzene rings is 4. The van der Waals surface area contributed by atoms with Gasteiger partial charge in [-0.25, -0.2) is 4.39 Å². The van der Waals surface area contributed by atoms with Gasteiger partial charge < -0.3 is 20.5 Å². The first-order chi connectivity index (χ1) is 19.4. The molecule has 0 radical (unpaired) electrons. The minimum atomic E-state index is -0.383. The lowest BCUT2D eigenvalue weighted by molar-refractivity contribution is 0.101. The molecule has 3 N–H and O–H groups in total. The Bertz CT molecular complexity index is 1740. The van der Waals surface area contributed by atoms with Crippen molar-refractivity contribution in [2.75, 3.05) is 15.5 Å². The molecule has 0 aliphatic carbocycles. The number of amides is 2. The number of fused-ring (bicyclic) bond motifs is 2. The second-order valence-corrected chi connectivity index (χ2v) is 9.87. The van der Waals surface area contributed by atoms with Crippen molar-refractivity contribution in [2.24, 2.45) is 0 Å². The van der Waals surface area contributed by atoms with E-state index < -0.39 is 0 Å². The summed E-state index contributed by atoms with van der Waals surface area (Å²) < 4.78 is 13.2. The van der Waals surface area contributed by atoms with Crippen molar-refractivity contribution in [3.05, 3.63) is 126 Å². The number of nitrogens with zero attached hydrogens (tertiary/aromatic N) is 1. The van der Waals surface area contributed by atoms with Crippen LogP contribution in [0.5, 0.6) is 0 Å². The highest BCUT2D eigenvalue weighted by Gasteiger charge is 2.21. The predicted octanol–water partition coefficient (Wildman–Crippen LogP) is 7.76. The van der Waals surface area contributed by atoms with Crippen LogP contribution in [0.4, 0.5) is 27.1 Å². The molecule has 0 fully saturated rings. The summed E-state index contributed by atoms with van der Waals surface area (Å²) in [6.07, 6.45) is 6.89. The van der Waals surface area contributed by atoms with Gasteiger partial charge in [0.05, 0.1) is 0 Å². The molecule has 4 aromatic carbocycles. The highest BCUT2D eigenvalue weighted by molar-refractivity contribution is 6.06. The molecule has 7 heteroatoms. The lowest BCUT2D eigenvalue weighted by Gasteiger charge is -2.31. The fraction of sp³-hybridized carbons (Fsp3) is 0.0909. The van der Waals surface area contributed by atoms with Crippen molar-refractivity contribution < 1.29 is 14.0 Å². The molecule has 1 aliphatic heterocycles. The van der Waals surface area contributed by atoms with Crippen LogP contribution < -0.4 is 15.5 Å². The van der Waals surface area contributed by atoms with Gasteiger partial charge in [0.25, 0.3) is 11.8 Å². The fourth-order valence-corrected chi connectivity index (χ4v) is 5.02. The zero-order valence-electron chi connectivity index (χ0n) is 21.8. The van der Waals surface area contributed by atoms with E-state index in [0.717, 1.165) is 34.3 Å². The van der Waals surface area contributed by atoms with Crippen molar-refractivity contribution in [3.8, 4) is 0 Å². The molecule has 0 bridgehead atoms. The maximum atomic E-state index is 13.2. The van der Waals surface area contributed by atoms with E-state index in [4.69, 9.17) is 0 Å². The second-order valence-electron chi connectivity index (χ2n) is 9.87. The Morgan fingerprint density at radius 1 is 0.825 bits per heavy atom. The first-order valence-electron chi connectivity index (χ1n) is 13.1. The maximum Gasteiger partial charge on any atom is 0.255 e. The largest absolute Gasteiger partial charge is 0.361 e. The number of H-pyrrole nitrogens is 1. The molecule has 1 aliphatic rings. The maximum absolute atomic E-state index is 13.2. The molecule has 1 aromatic heterocycles. The number of hydrogen-bond donors (Lipinski definition) is 3. The lowest BCUT2D eigenvalue weighted by atomic mass is 10.1. The summed E-state index contributed by atoms with van der Waals surface area (Å²) in [5.74, 6) is -0.844. The number of hydrogen-bond acceptors (Lipinski definition) is 3. The number of aromatic amines is 1. The van der Waals surface area contributed by atoms with Gasteiger partial charge in [-0.2, -0.15) is 0 Å². The summed E-state index contributed by atoms with van der Waals surface area (Å²) in [6.45, 7) is 2.16. The zero-order chi connectivity index (χ0) is 27.6. The Labute approximate surface area is 231 Å². The molecule has 40 heavy (non-hydrogen) atoms. The summed E-state index contributed by atoms with van der Waals surface area (Å²) in [4.78, 5) is 30.9. The Morgan fingerprint density at radius 3 is 2.33 bits per heavy atom. The molecule has 198 valence electrons. The van der Waals surface area contributed by atoms with Gasteiger partial charge >= 0.3 is 0 Å². The molecule has 1 unspecified atom stereocenters. The molecular weight excluding hydrogens is 503 g/mol. The lowest BCUT2D eigenvalue weighted by Crippen LogP contribution is -2.27. The van der Waals surface area contributed by atoms with E-state index in [-0.39, 0.29) is 23.7 Å². The van der Waals surface area contributed by atoms with Crippen LogP contribution in [0.1, 0.15) is 39.6 Å². The first kappa shape index (κ1) is 25.1. The fourth-order valence-electron chi connectivity index (χ4n) is 5.02. The van der Waals surface area contributed by atoms with Crippen LogP contribution in [0.15, 0.2) is 103 Å². The summed E-state index contributed by atoms with van der Waals surface area (Å²) in [7, 11) is 0. The van der Waals surface area contributed by atoms with Crippen LogP contribution in [0.3, 0.4) is 0 Å². The number of aromatic nitrogens is 1. The van der Waals surface area contributed by atoms with Crippen LogP contribution in [-0.4, -0.2) is 22.8 Å². The molecule has 6 rings (SSSR count). The van der Waals surface area contributed by atoms with Crippen molar-refractivity contribution in [2.45, 2.75) is 19.4 Å². The van der Waals surface area contributed by atoms with Gasteiger partial charge in [0, 0.05) is 57.0 Å². The highest BCUT2D eigenvalue weighted by atomic mass is 19.1. The van der Waals surface area contributed by atoms with Gasteiger partial charge in [-0.3, -0.25) is 9.59 Å². The van der Waals surface area contributed by atoms with Crippen molar-refractivity contribution >= 4 is 51.5 Å². The summed E-state index contributed by atoms with van der Waals surface area (Å²) in [5, 5.41) is 6.88. The molecule has 2 amide bonds. The topological polar surface area (TPSA) is 77.2 Å². The van der Waals surface area contributed by atoms with Crippen LogP contribution >= 0.6 is 0 Å². The first-order valence-corrected chi connectivity index (χ1v) is 13.1. The average molecular weight is 531 g/mol. The number of carbonyl (C=O) groups excluding carboxylic acids is 2. The van der Waals surface area contributed by atoms with Gasteiger partial charge in [-0.1, -0.05) is 12.2 Å². The molecule has 5 aromatic rings. The molecule has 6 nitrogen and oxygen atoms in total. The SMILES string of the molecule is CC1CC=Cc2cc(NC(=O)c3ccc(F)cc3)ccc2N1c1ccc(NC(=O)c2ccc3[nH]ccc3c2)cc1. The minimum absolute atomic E-state index is 0.163. The van der Waals surface area contributed by atoms with Crippen LogP contribution in [0, 0.1) is 5.82 Å². The number of anilines is 4. The normalized spacial score (nSPS) is 14.4. The number of halogens is 1. The Kier molecular flexibility index (Phi) is 6.62. The van der Waals surface area contributed by atoms with Gasteiger partial charge in [0.15, 0.2) is 0 Å². The van der Waals surface area contributed by atoms with Crippen LogP contribution in [0.25, 0.3) is 17.0 Å². The van der Waals surface area contributed by atoms with Crippen LogP contribution in [-0.2, 0) is 0 Å². The third-order valence-electron chi connectivity index (χ3n) is 7.09. The Morgan fingerprint density at radius 2 is 1.52 bits per heavy atom. The molecule has 0 saturated carbocycles. The van der Waals surface area contributed by atoms with Gasteiger partial charge in [0.1, 0.15) is 5.82 Å². The third-order valence-corrected chi connectivity index (χ3v) is 7.09. The smallest absolute Gasteiger partial charge is 0.255 e. The van der Waals surface area contributed by atoms with E-state index in [1.165, 1.54) is 24.3 Å². The van der Waals surface area contributed by atoms with Crippen molar-refractivity contribution in [1.29, 1.82) is 0 Å². The summed E-state index contributed by atoms with van der Waals surface area (Å²) >= 11 is 0. The summed E-state index contributed by atoms with van der Waals surface area (Å²) in [5.41, 5.74) is 6.32. The van der Waals surface area contributed by atoms with Gasteiger partial charge in [-0.15, -0.1) is 0 Å². The van der Waals surface area contributed by atoms with Gasteiger partial charge in [-0.05, 0) is 110 Å². The van der Waals surface area contributed by atoms with E-state index in [2.05, 4.69) is 39.6 Å². The quantitative estimate of drug-likeness (QED) is 0.217. The van der Waals surface area contributed by atoms with E-state index in [9.17, 15) is 14.0 Å². The number of nitrogens with one attached hydrogen (secondary N) is 3. The second kappa shape index (κ2) is 10.5. The summed E-state index contributed by atoms with van der Waals surface area (Å²) in [6, 6.07) is 26.8. The van der Waals surface area contributed by atoms with E-state index in [0.29, 0.717) is 22.5 Å².